The van der Waals surface area contributed by atoms with Gasteiger partial charge in [-0.3, -0.25) is 9.69 Å². The highest BCUT2D eigenvalue weighted by Crippen LogP contribution is 2.36. The lowest BCUT2D eigenvalue weighted by molar-refractivity contribution is -0.122. The number of rotatable bonds is 4. The summed E-state index contributed by atoms with van der Waals surface area (Å²) in [6, 6.07) is 14.7. The van der Waals surface area contributed by atoms with Crippen LogP contribution >= 0.6 is 27.7 Å². The first-order valence-electron chi connectivity index (χ1n) is 7.92. The summed E-state index contributed by atoms with van der Waals surface area (Å²) >= 11 is 4.72. The highest BCUT2D eigenvalue weighted by molar-refractivity contribution is 9.10. The Morgan fingerprint density at radius 3 is 2.72 bits per heavy atom. The molecule has 4 nitrogen and oxygen atoms in total. The fourth-order valence-electron chi connectivity index (χ4n) is 2.41. The highest BCUT2D eigenvalue weighted by atomic mass is 79.9. The summed E-state index contributed by atoms with van der Waals surface area (Å²) in [5.41, 5.74) is 1.41. The van der Waals surface area contributed by atoms with E-state index < -0.39 is 0 Å². The number of amides is 1. The van der Waals surface area contributed by atoms with Crippen LogP contribution in [0.1, 0.15) is 18.9 Å². The van der Waals surface area contributed by atoms with Gasteiger partial charge in [0.25, 0.3) is 5.91 Å². The summed E-state index contributed by atoms with van der Waals surface area (Å²) < 4.78 is 0.844. The van der Waals surface area contributed by atoms with Crippen LogP contribution in [-0.4, -0.2) is 27.6 Å². The molecule has 0 bridgehead atoms. The number of phenolic OH excluding ortho intramolecular Hbond substituents is 1. The molecule has 2 aromatic carbocycles. The summed E-state index contributed by atoms with van der Waals surface area (Å²) in [5.74, 6) is 0.0560. The van der Waals surface area contributed by atoms with Gasteiger partial charge in [-0.05, 0) is 54.6 Å². The van der Waals surface area contributed by atoms with Crippen molar-refractivity contribution in [2.45, 2.75) is 13.3 Å². The molecule has 0 aliphatic carbocycles. The largest absolute Gasteiger partial charge is 0.507 e. The standard InChI is InChI=1S/C19H17BrN2O2S/c1-2-10-22-18(24)17(12-13-11-14(20)8-9-16(13)23)25-19(22)21-15-6-4-3-5-7-15/h3-9,11-12,23H,2,10H2,1H3/b17-12+,21-19?. The van der Waals surface area contributed by atoms with E-state index in [1.807, 2.05) is 37.3 Å². The van der Waals surface area contributed by atoms with Crippen LogP contribution < -0.4 is 0 Å². The van der Waals surface area contributed by atoms with Gasteiger partial charge in [0.05, 0.1) is 10.6 Å². The molecule has 0 aromatic heterocycles. The van der Waals surface area contributed by atoms with Crippen LogP contribution in [0, 0.1) is 0 Å². The first-order chi connectivity index (χ1) is 12.1. The molecular formula is C19H17BrN2O2S. The van der Waals surface area contributed by atoms with Gasteiger partial charge < -0.3 is 5.11 Å². The maximum Gasteiger partial charge on any atom is 0.266 e. The third-order valence-corrected chi connectivity index (χ3v) is 5.09. The summed E-state index contributed by atoms with van der Waals surface area (Å²) in [4.78, 5) is 19.6. The predicted octanol–water partition coefficient (Wildman–Crippen LogP) is 5.17. The number of benzene rings is 2. The number of phenols is 1. The van der Waals surface area contributed by atoms with Crippen molar-refractivity contribution in [2.24, 2.45) is 4.99 Å². The minimum atomic E-state index is -0.0825. The number of amidine groups is 1. The molecule has 0 atom stereocenters. The number of halogens is 1. The van der Waals surface area contributed by atoms with Crippen LogP contribution in [0.3, 0.4) is 0 Å². The molecule has 2 aromatic rings. The van der Waals surface area contributed by atoms with E-state index in [1.165, 1.54) is 11.8 Å². The number of aliphatic imine (C=N–C) groups is 1. The van der Waals surface area contributed by atoms with Gasteiger partial charge in [-0.2, -0.15) is 0 Å². The average molecular weight is 417 g/mol. The quantitative estimate of drug-likeness (QED) is 0.699. The summed E-state index contributed by atoms with van der Waals surface area (Å²) in [6.07, 6.45) is 2.55. The number of aromatic hydroxyl groups is 1. The van der Waals surface area contributed by atoms with Crippen LogP contribution in [0.15, 0.2) is 62.9 Å². The molecule has 1 amide bonds. The fourth-order valence-corrected chi connectivity index (χ4v) is 3.80. The number of hydrogen-bond donors (Lipinski definition) is 1. The van der Waals surface area contributed by atoms with Crippen LogP contribution in [0.5, 0.6) is 5.75 Å². The Morgan fingerprint density at radius 2 is 2.00 bits per heavy atom. The van der Waals surface area contributed by atoms with Crippen molar-refractivity contribution in [3.8, 4) is 5.75 Å². The molecule has 1 aliphatic heterocycles. The number of thioether (sulfide) groups is 1. The van der Waals surface area contributed by atoms with Gasteiger partial charge in [0, 0.05) is 16.6 Å². The van der Waals surface area contributed by atoms with Crippen molar-refractivity contribution in [3.63, 3.8) is 0 Å². The van der Waals surface area contributed by atoms with Crippen molar-refractivity contribution in [3.05, 3.63) is 63.5 Å². The second kappa shape index (κ2) is 7.89. The number of hydrogen-bond acceptors (Lipinski definition) is 4. The molecule has 0 saturated carbocycles. The van der Waals surface area contributed by atoms with Crippen molar-refractivity contribution in [1.82, 2.24) is 4.90 Å². The van der Waals surface area contributed by atoms with E-state index in [0.29, 0.717) is 22.2 Å². The van der Waals surface area contributed by atoms with Crippen LogP contribution in [-0.2, 0) is 4.79 Å². The Hall–Kier alpha value is -2.05. The maximum atomic E-state index is 12.8. The smallest absolute Gasteiger partial charge is 0.266 e. The number of nitrogens with zero attached hydrogens (tertiary/aromatic N) is 2. The number of carbonyl (C=O) groups is 1. The molecule has 1 N–H and O–H groups in total. The zero-order valence-corrected chi connectivity index (χ0v) is 16.0. The summed E-state index contributed by atoms with van der Waals surface area (Å²) in [6.45, 7) is 2.64. The van der Waals surface area contributed by atoms with Crippen molar-refractivity contribution >= 4 is 50.5 Å². The Bertz CT molecular complexity index is 850. The van der Waals surface area contributed by atoms with Crippen molar-refractivity contribution in [2.75, 3.05) is 6.54 Å². The van der Waals surface area contributed by atoms with Gasteiger partial charge in [-0.25, -0.2) is 4.99 Å². The molecule has 6 heteroatoms. The summed E-state index contributed by atoms with van der Waals surface area (Å²) in [5, 5.41) is 10.7. The van der Waals surface area contributed by atoms with E-state index in [-0.39, 0.29) is 11.7 Å². The number of carbonyl (C=O) groups excluding carboxylic acids is 1. The van der Waals surface area contributed by atoms with E-state index >= 15 is 0 Å². The van der Waals surface area contributed by atoms with Gasteiger partial charge in [-0.15, -0.1) is 0 Å². The molecule has 1 aliphatic rings. The Kier molecular flexibility index (Phi) is 5.60. The molecule has 1 saturated heterocycles. The van der Waals surface area contributed by atoms with Gasteiger partial charge in [0.2, 0.25) is 0 Å². The average Bonchev–Trinajstić information content (AvgIpc) is 2.88. The molecule has 128 valence electrons. The third-order valence-electron chi connectivity index (χ3n) is 3.59. The second-order valence-electron chi connectivity index (χ2n) is 5.50. The molecular weight excluding hydrogens is 400 g/mol. The van der Waals surface area contributed by atoms with E-state index in [9.17, 15) is 9.90 Å². The van der Waals surface area contributed by atoms with Crippen LogP contribution in [0.4, 0.5) is 5.69 Å². The topological polar surface area (TPSA) is 52.9 Å². The molecule has 0 radical (unpaired) electrons. The highest BCUT2D eigenvalue weighted by Gasteiger charge is 2.32. The van der Waals surface area contributed by atoms with E-state index in [0.717, 1.165) is 16.6 Å². The minimum absolute atomic E-state index is 0.0825. The predicted molar refractivity (Wildman–Crippen MR) is 107 cm³/mol. The monoisotopic (exact) mass is 416 g/mol. The maximum absolute atomic E-state index is 12.8. The van der Waals surface area contributed by atoms with Gasteiger partial charge in [-0.1, -0.05) is 41.1 Å². The lowest BCUT2D eigenvalue weighted by Gasteiger charge is -2.13. The fraction of sp³-hybridized carbons (Fsp3) is 0.158. The molecule has 1 heterocycles. The summed E-state index contributed by atoms with van der Waals surface area (Å²) in [7, 11) is 0. The van der Waals surface area contributed by atoms with Gasteiger partial charge in [0.1, 0.15) is 5.75 Å². The molecule has 0 spiro atoms. The Labute approximate surface area is 159 Å². The van der Waals surface area contributed by atoms with Crippen molar-refractivity contribution in [1.29, 1.82) is 0 Å². The Balaban J connectivity index is 1.97. The molecule has 25 heavy (non-hydrogen) atoms. The van der Waals surface area contributed by atoms with Crippen LogP contribution in [0.2, 0.25) is 0 Å². The molecule has 0 unspecified atom stereocenters. The lowest BCUT2D eigenvalue weighted by atomic mass is 10.2. The van der Waals surface area contributed by atoms with E-state index in [2.05, 4.69) is 20.9 Å². The molecule has 3 rings (SSSR count). The normalized spacial score (nSPS) is 17.7. The van der Waals surface area contributed by atoms with Gasteiger partial charge >= 0.3 is 0 Å². The minimum Gasteiger partial charge on any atom is -0.507 e. The first-order valence-corrected chi connectivity index (χ1v) is 9.53. The number of para-hydroxylation sites is 1. The van der Waals surface area contributed by atoms with Gasteiger partial charge in [0.15, 0.2) is 5.17 Å². The first kappa shape index (κ1) is 17.8. The SMILES string of the molecule is CCCN1C(=O)/C(=C\c2cc(Br)ccc2O)SC1=Nc1ccccc1. The third kappa shape index (κ3) is 4.14. The second-order valence-corrected chi connectivity index (χ2v) is 7.43. The zero-order chi connectivity index (χ0) is 17.8. The van der Waals surface area contributed by atoms with E-state index in [4.69, 9.17) is 0 Å². The Morgan fingerprint density at radius 1 is 1.24 bits per heavy atom. The zero-order valence-electron chi connectivity index (χ0n) is 13.6. The molecule has 1 fully saturated rings. The van der Waals surface area contributed by atoms with Crippen molar-refractivity contribution < 1.29 is 9.90 Å². The lowest BCUT2D eigenvalue weighted by Crippen LogP contribution is -2.29. The van der Waals surface area contributed by atoms with Crippen LogP contribution in [0.25, 0.3) is 6.08 Å². The van der Waals surface area contributed by atoms with E-state index in [1.54, 1.807) is 29.2 Å².